The van der Waals surface area contributed by atoms with Gasteiger partial charge in [-0.05, 0) is 12.1 Å². The fraction of sp³-hybridized carbons (Fsp3) is 0. The van der Waals surface area contributed by atoms with Gasteiger partial charge in [0.1, 0.15) is 0 Å². The van der Waals surface area contributed by atoms with Crippen LogP contribution >= 0.6 is 0 Å². The third-order valence-corrected chi connectivity index (χ3v) is 0.599. The Balaban J connectivity index is 0. The van der Waals surface area contributed by atoms with E-state index < -0.39 is 0 Å². The molecule has 1 N–H and O–H groups in total. The monoisotopic (exact) mass is 244 g/mol. The van der Waals surface area contributed by atoms with E-state index in [9.17, 15) is 0 Å². The first-order valence-electron chi connectivity index (χ1n) is 6.45. The van der Waals surface area contributed by atoms with E-state index in [0.717, 1.165) is 0 Å². The summed E-state index contributed by atoms with van der Waals surface area (Å²) in [5.41, 5.74) is 0. The minimum Gasteiger partial charge on any atom is -1.00 e. The number of nitrogens with zero attached hydrogens (tertiary/aromatic N) is 1. The molecule has 0 fully saturated rings. The van der Waals surface area contributed by atoms with Crippen molar-refractivity contribution in [2.75, 3.05) is 0 Å². The van der Waals surface area contributed by atoms with Gasteiger partial charge in [0.2, 0.25) is 0 Å². The molecule has 12 heavy (non-hydrogen) atoms. The fourth-order valence-corrected chi connectivity index (χ4v) is 0.296. The summed E-state index contributed by atoms with van der Waals surface area (Å²) in [5.74, 6) is 0. The second-order valence-electron chi connectivity index (χ2n) is 1.21. The Labute approximate surface area is 110 Å². The van der Waals surface area contributed by atoms with Crippen LogP contribution in [0.15, 0.2) is 48.9 Å². The zero-order chi connectivity index (χ0) is 14.0. The van der Waals surface area contributed by atoms with Crippen LogP contribution in [0, 0.1) is 0 Å². The van der Waals surface area contributed by atoms with Crippen molar-refractivity contribution in [3.05, 3.63) is 48.9 Å². The molecule has 60 valence electrons. The van der Waals surface area contributed by atoms with E-state index in [1.54, 1.807) is 0 Å². The third-order valence-electron chi connectivity index (χ3n) is 0.599. The molecular weight excluding hydrogens is 228 g/mol. The molecule has 2 nitrogen and oxygen atoms in total. The van der Waals surface area contributed by atoms with E-state index in [0.29, 0.717) is 0 Å². The van der Waals surface area contributed by atoms with Gasteiger partial charge in [0.25, 0.3) is 0 Å². The molecule has 0 aliphatic rings. The molecule has 0 aromatic carbocycles. The van der Waals surface area contributed by atoms with E-state index in [1.165, 1.54) is 0 Å². The second-order valence-corrected chi connectivity index (χ2v) is 1.21. The Morgan fingerprint density at radius 1 is 1.00 bits per heavy atom. The second kappa shape index (κ2) is 10.8. The van der Waals surface area contributed by atoms with Gasteiger partial charge in [-0.25, -0.2) is 0 Å². The molecule has 2 aromatic heterocycles. The summed E-state index contributed by atoms with van der Waals surface area (Å²) in [7, 11) is 0. The molecule has 0 aliphatic heterocycles. The molecule has 0 saturated carbocycles. The van der Waals surface area contributed by atoms with Crippen LogP contribution in [0.5, 0.6) is 0 Å². The summed E-state index contributed by atoms with van der Waals surface area (Å²) in [6.45, 7) is 0. The van der Waals surface area contributed by atoms with E-state index in [2.05, 4.69) is 9.97 Å². The molecule has 0 saturated heterocycles. The van der Waals surface area contributed by atoms with Crippen molar-refractivity contribution in [1.29, 1.82) is 0 Å². The predicted molar refractivity (Wildman–Crippen MR) is 46.3 cm³/mol. The summed E-state index contributed by atoms with van der Waals surface area (Å²) < 4.78 is 55.2. The van der Waals surface area contributed by atoms with Crippen LogP contribution < -0.4 is 22.0 Å². The van der Waals surface area contributed by atoms with E-state index >= 15 is 0 Å². The maximum atomic E-state index is 6.94. The van der Waals surface area contributed by atoms with Crippen molar-refractivity contribution in [1.82, 2.24) is 9.97 Å². The SMILES string of the molecule is [2H]c1[n-]c([2H])c([2H])c1[2H].[2H]c1[nH]c([2H])c([2H])c1[2H].[Br-].[Mg+2]. The fourth-order valence-electron chi connectivity index (χ4n) is 0.296. The minimum absolute atomic E-state index is 0. The summed E-state index contributed by atoms with van der Waals surface area (Å²) in [4.78, 5) is 5.50. The number of rotatable bonds is 0. The van der Waals surface area contributed by atoms with Crippen LogP contribution in [-0.2, 0) is 0 Å². The quantitative estimate of drug-likeness (QED) is 0.550. The first-order chi connectivity index (χ1) is 8.25. The van der Waals surface area contributed by atoms with Gasteiger partial charge in [-0.15, -0.1) is 0 Å². The molecule has 4 heteroatoms. The van der Waals surface area contributed by atoms with Crippen LogP contribution in [-0.4, -0.2) is 28.0 Å². The summed E-state index contributed by atoms with van der Waals surface area (Å²) in [5, 5.41) is 0. The Morgan fingerprint density at radius 3 is 1.67 bits per heavy atom. The van der Waals surface area contributed by atoms with Gasteiger partial charge in [0.15, 0.2) is 0 Å². The molecule has 2 heterocycles. The molecular formula is C8H9BrMgN2. The van der Waals surface area contributed by atoms with Gasteiger partial charge >= 0.3 is 23.1 Å². The average molecular weight is 245 g/mol. The van der Waals surface area contributed by atoms with Crippen molar-refractivity contribution >= 4 is 23.1 Å². The number of aromatic amines is 1. The predicted octanol–water partition coefficient (Wildman–Crippen LogP) is -1.72. The Kier molecular flexibility index (Phi) is 3.92. The van der Waals surface area contributed by atoms with E-state index in [1.807, 2.05) is 0 Å². The first-order valence-corrected chi connectivity index (χ1v) is 2.45. The molecule has 2 aromatic rings. The molecule has 0 radical (unpaired) electrons. The minimum atomic E-state index is -0.287. The largest absolute Gasteiger partial charge is 2.00 e. The van der Waals surface area contributed by atoms with E-state index in [-0.39, 0.29) is 88.9 Å². The topological polar surface area (TPSA) is 29.9 Å². The van der Waals surface area contributed by atoms with Crippen molar-refractivity contribution in [2.45, 2.75) is 0 Å². The smallest absolute Gasteiger partial charge is 1.00 e. The van der Waals surface area contributed by atoms with Crippen LogP contribution in [0.25, 0.3) is 0 Å². The van der Waals surface area contributed by atoms with Gasteiger partial charge in [-0.1, -0.05) is 12.1 Å². The Bertz CT molecular complexity index is 474. The first kappa shape index (κ1) is 4.35. The molecule has 0 atom stereocenters. The molecule has 0 unspecified atom stereocenters. The standard InChI is InChI=1S/C4H5N.C4H4N.BrH.Mg/c2*1-2-4-5-3-1;;/h1-5H;1-4H;1H;/q;-1;;+2/p-1/i2*1D,2D,3D,4D;;. The van der Waals surface area contributed by atoms with Gasteiger partial charge in [0, 0.05) is 15.1 Å². The summed E-state index contributed by atoms with van der Waals surface area (Å²) in [6.07, 6.45) is -0.898. The van der Waals surface area contributed by atoms with Gasteiger partial charge < -0.3 is 26.9 Å². The third kappa shape index (κ3) is 7.91. The van der Waals surface area contributed by atoms with E-state index in [4.69, 9.17) is 11.0 Å². The van der Waals surface area contributed by atoms with Crippen LogP contribution in [0.4, 0.5) is 0 Å². The Morgan fingerprint density at radius 2 is 1.50 bits per heavy atom. The van der Waals surface area contributed by atoms with Crippen LogP contribution in [0.1, 0.15) is 11.0 Å². The van der Waals surface area contributed by atoms with Gasteiger partial charge in [-0.2, -0.15) is 12.3 Å². The summed E-state index contributed by atoms with van der Waals surface area (Å²) in [6, 6.07) is -0.944. The molecule has 0 aliphatic carbocycles. The number of H-pyrrole nitrogens is 1. The number of aromatic nitrogens is 2. The average Bonchev–Trinajstić information content (AvgIpc) is 2.66. The van der Waals surface area contributed by atoms with Crippen molar-refractivity contribution < 1.29 is 27.9 Å². The number of halogens is 1. The normalized spacial score (nSPS) is 16.0. The molecule has 0 amide bonds. The maximum Gasteiger partial charge on any atom is 2.00 e. The number of hydrogen-bond donors (Lipinski definition) is 1. The molecule has 0 bridgehead atoms. The van der Waals surface area contributed by atoms with Gasteiger partial charge in [0.05, 0.1) is 8.22 Å². The maximum absolute atomic E-state index is 6.94. The van der Waals surface area contributed by atoms with Crippen molar-refractivity contribution in [2.24, 2.45) is 0 Å². The van der Waals surface area contributed by atoms with Crippen LogP contribution in [0.3, 0.4) is 0 Å². The number of nitrogens with one attached hydrogen (secondary N) is 1. The Hall–Kier alpha value is -0.194. The van der Waals surface area contributed by atoms with Gasteiger partial charge in [-0.3, -0.25) is 0 Å². The van der Waals surface area contributed by atoms with Crippen molar-refractivity contribution in [3.8, 4) is 0 Å². The number of hydrogen-bond acceptors (Lipinski definition) is 0. The zero-order valence-corrected chi connectivity index (χ0v) is 9.03. The summed E-state index contributed by atoms with van der Waals surface area (Å²) >= 11 is 0. The van der Waals surface area contributed by atoms with Crippen molar-refractivity contribution in [3.63, 3.8) is 0 Å². The van der Waals surface area contributed by atoms with Crippen LogP contribution in [0.2, 0.25) is 0 Å². The zero-order valence-electron chi connectivity index (χ0n) is 14.0. The molecule has 2 rings (SSSR count). The molecule has 0 spiro atoms.